The maximum Gasteiger partial charge on any atom is 0.246 e. The number of nitrogens with zero attached hydrogens (tertiary/aromatic N) is 2. The van der Waals surface area contributed by atoms with Crippen LogP contribution in [0.2, 0.25) is 0 Å². The number of fused-ring (bicyclic) bond motifs is 1. The van der Waals surface area contributed by atoms with Gasteiger partial charge in [-0.1, -0.05) is 19.9 Å². The zero-order chi connectivity index (χ0) is 18.8. The van der Waals surface area contributed by atoms with Crippen LogP contribution in [0, 0.1) is 27.7 Å². The summed E-state index contributed by atoms with van der Waals surface area (Å²) in [5.74, 6) is 1.97. The normalized spacial score (nSPS) is 11.3. The molecule has 0 fully saturated rings. The van der Waals surface area contributed by atoms with Crippen molar-refractivity contribution in [3.63, 3.8) is 0 Å². The van der Waals surface area contributed by atoms with Gasteiger partial charge in [-0.3, -0.25) is 4.98 Å². The number of hydrogen-bond donors (Lipinski definition) is 0. The predicted molar refractivity (Wildman–Crippen MR) is 108 cm³/mol. The van der Waals surface area contributed by atoms with Gasteiger partial charge in [0.25, 0.3) is 0 Å². The summed E-state index contributed by atoms with van der Waals surface area (Å²) in [5.41, 5.74) is 6.81. The van der Waals surface area contributed by atoms with Crippen LogP contribution in [0.15, 0.2) is 30.5 Å². The van der Waals surface area contributed by atoms with E-state index in [4.69, 9.17) is 4.74 Å². The zero-order valence-corrected chi connectivity index (χ0v) is 16.7. The van der Waals surface area contributed by atoms with E-state index in [0.29, 0.717) is 11.8 Å². The molecule has 0 saturated carbocycles. The third kappa shape index (κ3) is 3.31. The number of ether oxygens (including phenoxy) is 1. The Kier molecular flexibility index (Phi) is 5.26. The molecular weight excluding hydrogens is 320 g/mol. The second-order valence-electron chi connectivity index (χ2n) is 7.11. The van der Waals surface area contributed by atoms with Crippen molar-refractivity contribution in [1.29, 1.82) is 0 Å². The lowest BCUT2D eigenvalue weighted by Gasteiger charge is -2.17. The van der Waals surface area contributed by atoms with Gasteiger partial charge in [-0.2, -0.15) is 0 Å². The minimum Gasteiger partial charge on any atom is -0.437 e. The van der Waals surface area contributed by atoms with Crippen LogP contribution in [0.3, 0.4) is 0 Å². The van der Waals surface area contributed by atoms with Gasteiger partial charge in [-0.05, 0) is 86.9 Å². The molecule has 3 heteroatoms. The van der Waals surface area contributed by atoms with Gasteiger partial charge in [0.2, 0.25) is 5.88 Å². The van der Waals surface area contributed by atoms with Crippen molar-refractivity contribution < 1.29 is 4.74 Å². The van der Waals surface area contributed by atoms with E-state index in [1.807, 2.05) is 19.2 Å². The largest absolute Gasteiger partial charge is 0.437 e. The van der Waals surface area contributed by atoms with Gasteiger partial charge < -0.3 is 4.74 Å². The summed E-state index contributed by atoms with van der Waals surface area (Å²) in [6, 6.07) is 8.40. The lowest BCUT2D eigenvalue weighted by Crippen LogP contribution is -2.01. The highest BCUT2D eigenvalue weighted by Crippen LogP contribution is 2.35. The summed E-state index contributed by atoms with van der Waals surface area (Å²) in [5, 5.41) is 1.16. The van der Waals surface area contributed by atoms with Crippen molar-refractivity contribution in [2.75, 3.05) is 0 Å². The molecule has 0 amide bonds. The molecule has 3 nitrogen and oxygen atoms in total. The molecule has 1 aromatic carbocycles. The van der Waals surface area contributed by atoms with E-state index >= 15 is 0 Å². The molecule has 136 valence electrons. The molecule has 0 spiro atoms. The quantitative estimate of drug-likeness (QED) is 0.524. The van der Waals surface area contributed by atoms with E-state index < -0.39 is 0 Å². The predicted octanol–water partition coefficient (Wildman–Crippen LogP) is 6.56. The van der Waals surface area contributed by atoms with Crippen molar-refractivity contribution in [3.8, 4) is 11.6 Å². The van der Waals surface area contributed by atoms with Crippen LogP contribution in [0.25, 0.3) is 10.9 Å². The monoisotopic (exact) mass is 348 g/mol. The first-order chi connectivity index (χ1) is 12.5. The van der Waals surface area contributed by atoms with Crippen molar-refractivity contribution in [2.24, 2.45) is 0 Å². The van der Waals surface area contributed by atoms with Gasteiger partial charge >= 0.3 is 0 Å². The first-order valence-corrected chi connectivity index (χ1v) is 9.47. The molecule has 0 radical (unpaired) electrons. The van der Waals surface area contributed by atoms with E-state index in [1.54, 1.807) is 0 Å². The smallest absolute Gasteiger partial charge is 0.246 e. The van der Waals surface area contributed by atoms with E-state index in [0.717, 1.165) is 40.8 Å². The summed E-state index contributed by atoms with van der Waals surface area (Å²) >= 11 is 0. The first kappa shape index (κ1) is 18.4. The fourth-order valence-corrected chi connectivity index (χ4v) is 3.57. The van der Waals surface area contributed by atoms with Crippen molar-refractivity contribution >= 4 is 10.9 Å². The van der Waals surface area contributed by atoms with Gasteiger partial charge in [0.05, 0.1) is 0 Å². The van der Waals surface area contributed by atoms with Crippen molar-refractivity contribution in [2.45, 2.75) is 60.3 Å². The number of rotatable bonds is 5. The Hall–Kier alpha value is -2.42. The van der Waals surface area contributed by atoms with Gasteiger partial charge in [0.15, 0.2) is 0 Å². The van der Waals surface area contributed by atoms with Gasteiger partial charge in [-0.15, -0.1) is 0 Å². The molecular formula is C23H28N2O. The lowest BCUT2D eigenvalue weighted by molar-refractivity contribution is 0.462. The molecule has 0 unspecified atom stereocenters. The Morgan fingerprint density at radius 3 is 2.38 bits per heavy atom. The molecule has 2 aromatic heterocycles. The Balaban J connectivity index is 2.15. The average molecular weight is 348 g/mol. The van der Waals surface area contributed by atoms with Gasteiger partial charge in [-0.25, -0.2) is 4.98 Å². The van der Waals surface area contributed by atoms with Crippen LogP contribution >= 0.6 is 0 Å². The summed E-state index contributed by atoms with van der Waals surface area (Å²) in [6.07, 6.45) is 4.11. The summed E-state index contributed by atoms with van der Waals surface area (Å²) in [6.45, 7) is 12.8. The maximum atomic E-state index is 6.27. The second kappa shape index (κ2) is 7.45. The van der Waals surface area contributed by atoms with Crippen molar-refractivity contribution in [1.82, 2.24) is 9.97 Å². The maximum absolute atomic E-state index is 6.27. The molecule has 0 aliphatic heterocycles. The third-order valence-electron chi connectivity index (χ3n) is 5.50. The highest BCUT2D eigenvalue weighted by molar-refractivity contribution is 5.87. The Morgan fingerprint density at radius 2 is 1.69 bits per heavy atom. The zero-order valence-electron chi connectivity index (χ0n) is 16.7. The molecule has 0 atom stereocenters. The minimum absolute atomic E-state index is 0.526. The van der Waals surface area contributed by atoms with Crippen LogP contribution in [0.4, 0.5) is 0 Å². The topological polar surface area (TPSA) is 35.0 Å². The molecule has 3 rings (SSSR count). The number of hydrogen-bond acceptors (Lipinski definition) is 3. The summed E-state index contributed by atoms with van der Waals surface area (Å²) in [4.78, 5) is 9.27. The highest BCUT2D eigenvalue weighted by atomic mass is 16.5. The Labute approximate surface area is 156 Å². The molecule has 26 heavy (non-hydrogen) atoms. The molecule has 0 N–H and O–H groups in total. The molecule has 0 aliphatic carbocycles. The highest BCUT2D eigenvalue weighted by Gasteiger charge is 2.16. The first-order valence-electron chi connectivity index (χ1n) is 9.47. The van der Waals surface area contributed by atoms with Gasteiger partial charge in [0.1, 0.15) is 11.3 Å². The number of benzene rings is 1. The Bertz CT molecular complexity index is 943. The number of aromatic nitrogens is 2. The van der Waals surface area contributed by atoms with E-state index in [9.17, 15) is 0 Å². The molecule has 0 aliphatic rings. The van der Waals surface area contributed by atoms with Crippen LogP contribution < -0.4 is 4.74 Å². The molecule has 3 aromatic rings. The molecule has 0 saturated heterocycles. The van der Waals surface area contributed by atoms with Crippen LogP contribution in [0.5, 0.6) is 11.6 Å². The van der Waals surface area contributed by atoms with Gasteiger partial charge in [0, 0.05) is 17.3 Å². The fourth-order valence-electron chi connectivity index (χ4n) is 3.57. The molecule has 2 heterocycles. The van der Waals surface area contributed by atoms with Crippen molar-refractivity contribution in [3.05, 3.63) is 58.4 Å². The third-order valence-corrected chi connectivity index (χ3v) is 5.50. The second-order valence-corrected chi connectivity index (χ2v) is 7.11. The summed E-state index contributed by atoms with van der Waals surface area (Å²) < 4.78 is 6.27. The number of pyridine rings is 2. The van der Waals surface area contributed by atoms with Crippen LogP contribution in [-0.2, 0) is 0 Å². The van der Waals surface area contributed by atoms with E-state index in [-0.39, 0.29) is 0 Å². The summed E-state index contributed by atoms with van der Waals surface area (Å²) in [7, 11) is 0. The fraction of sp³-hybridized carbons (Fsp3) is 0.391. The minimum atomic E-state index is 0.526. The SMILES string of the molecule is CCC(CC)c1ccnc2c(Oc3ccc(C)c(C)c3C)nc(C)cc12. The van der Waals surface area contributed by atoms with E-state index in [2.05, 4.69) is 62.8 Å². The van der Waals surface area contributed by atoms with Crippen LogP contribution in [0.1, 0.15) is 60.6 Å². The molecule has 0 bridgehead atoms. The standard InChI is InChI=1S/C23H28N2O/c1-7-18(8-2)19-11-12-24-22-20(19)13-15(4)25-23(22)26-21-10-9-14(3)16(5)17(21)6/h9-13,18H,7-8H2,1-6H3. The number of aryl methyl sites for hydroxylation is 2. The lowest BCUT2D eigenvalue weighted by atomic mass is 9.91. The Morgan fingerprint density at radius 1 is 0.962 bits per heavy atom. The average Bonchev–Trinajstić information content (AvgIpc) is 2.63. The van der Waals surface area contributed by atoms with E-state index in [1.165, 1.54) is 16.7 Å². The van der Waals surface area contributed by atoms with Crippen LogP contribution in [-0.4, -0.2) is 9.97 Å².